The Bertz CT molecular complexity index is 575. The predicted molar refractivity (Wildman–Crippen MR) is 73.8 cm³/mol. The summed E-state index contributed by atoms with van der Waals surface area (Å²) in [5, 5.41) is 3.09. The van der Waals surface area contributed by atoms with Gasteiger partial charge in [-0.05, 0) is 64.8 Å². The highest BCUT2D eigenvalue weighted by Gasteiger charge is 2.14. The molecule has 1 unspecified atom stereocenters. The summed E-state index contributed by atoms with van der Waals surface area (Å²) in [5.41, 5.74) is 1.26. The van der Waals surface area contributed by atoms with Gasteiger partial charge in [0.25, 0.3) is 0 Å². The number of nitrogens with one attached hydrogen (secondary N) is 1. The van der Waals surface area contributed by atoms with Crippen molar-refractivity contribution in [2.75, 3.05) is 7.05 Å². The van der Waals surface area contributed by atoms with E-state index in [1.54, 1.807) is 19.4 Å². The molecule has 100 valence electrons. The lowest BCUT2D eigenvalue weighted by Crippen LogP contribution is -2.19. The van der Waals surface area contributed by atoms with Crippen LogP contribution in [0.25, 0.3) is 0 Å². The van der Waals surface area contributed by atoms with Gasteiger partial charge in [-0.3, -0.25) is 4.98 Å². The molecule has 0 fully saturated rings. The minimum absolute atomic E-state index is 0.124. The lowest BCUT2D eigenvalue weighted by molar-refractivity contribution is 0.543. The average molecular weight is 327 g/mol. The zero-order chi connectivity index (χ0) is 13.8. The highest BCUT2D eigenvalue weighted by Crippen LogP contribution is 2.22. The van der Waals surface area contributed by atoms with Gasteiger partial charge in [-0.15, -0.1) is 0 Å². The van der Waals surface area contributed by atoms with Gasteiger partial charge in [0.05, 0.1) is 0 Å². The second-order valence-corrected chi connectivity index (χ2v) is 5.13. The second-order valence-electron chi connectivity index (χ2n) is 4.22. The van der Waals surface area contributed by atoms with Crippen LogP contribution in [0, 0.1) is 11.6 Å². The summed E-state index contributed by atoms with van der Waals surface area (Å²) in [6.45, 7) is 0. The molecule has 0 saturated carbocycles. The summed E-state index contributed by atoms with van der Waals surface area (Å²) in [7, 11) is 1.78. The summed E-state index contributed by atoms with van der Waals surface area (Å²) in [5.74, 6) is -0.830. The molecule has 0 aliphatic heterocycles. The number of hydrogen-bond acceptors (Lipinski definition) is 2. The van der Waals surface area contributed by atoms with Crippen LogP contribution in [0.1, 0.15) is 17.2 Å². The van der Waals surface area contributed by atoms with Crippen LogP contribution >= 0.6 is 15.9 Å². The van der Waals surface area contributed by atoms with Crippen molar-refractivity contribution < 1.29 is 8.78 Å². The van der Waals surface area contributed by atoms with E-state index >= 15 is 0 Å². The van der Waals surface area contributed by atoms with E-state index in [0.29, 0.717) is 12.0 Å². The number of halogens is 3. The summed E-state index contributed by atoms with van der Waals surface area (Å²) in [6.07, 6.45) is 3.75. The maximum Gasteiger partial charge on any atom is 0.126 e. The Morgan fingerprint density at radius 2 is 2.05 bits per heavy atom. The van der Waals surface area contributed by atoms with Crippen molar-refractivity contribution in [3.63, 3.8) is 0 Å². The first-order valence-electron chi connectivity index (χ1n) is 5.82. The van der Waals surface area contributed by atoms with Gasteiger partial charge in [-0.1, -0.05) is 0 Å². The molecule has 2 aromatic rings. The molecule has 0 radical (unpaired) electrons. The Hall–Kier alpha value is -1.33. The number of nitrogens with zero attached hydrogens (tertiary/aromatic N) is 1. The fraction of sp³-hybridized carbons (Fsp3) is 0.214. The van der Waals surface area contributed by atoms with E-state index in [9.17, 15) is 8.78 Å². The molecule has 0 spiro atoms. The van der Waals surface area contributed by atoms with Gasteiger partial charge in [0.1, 0.15) is 11.6 Å². The third kappa shape index (κ3) is 3.58. The van der Waals surface area contributed by atoms with Crippen molar-refractivity contribution in [1.29, 1.82) is 0 Å². The van der Waals surface area contributed by atoms with E-state index in [1.165, 1.54) is 6.07 Å². The molecule has 1 N–H and O–H groups in total. The van der Waals surface area contributed by atoms with Gasteiger partial charge >= 0.3 is 0 Å². The van der Waals surface area contributed by atoms with Crippen LogP contribution in [0.15, 0.2) is 41.1 Å². The van der Waals surface area contributed by atoms with Crippen LogP contribution in [0.3, 0.4) is 0 Å². The minimum Gasteiger partial charge on any atom is -0.313 e. The van der Waals surface area contributed by atoms with Crippen LogP contribution in [0.2, 0.25) is 0 Å². The first-order chi connectivity index (χ1) is 9.10. The molecular formula is C14H13BrF2N2. The Kier molecular flexibility index (Phi) is 4.61. The van der Waals surface area contributed by atoms with E-state index in [1.807, 2.05) is 6.07 Å². The van der Waals surface area contributed by atoms with Crippen LogP contribution in [-0.2, 0) is 6.42 Å². The Morgan fingerprint density at radius 1 is 1.26 bits per heavy atom. The molecule has 0 bridgehead atoms. The van der Waals surface area contributed by atoms with E-state index < -0.39 is 11.6 Å². The first-order valence-corrected chi connectivity index (χ1v) is 6.61. The zero-order valence-corrected chi connectivity index (χ0v) is 11.9. The largest absolute Gasteiger partial charge is 0.313 e. The second kappa shape index (κ2) is 6.21. The topological polar surface area (TPSA) is 24.9 Å². The molecule has 19 heavy (non-hydrogen) atoms. The van der Waals surface area contributed by atoms with Gasteiger partial charge in [-0.25, -0.2) is 8.78 Å². The standard InChI is InChI=1S/C14H13BrF2N2/c1-18-14(10-4-11(15)8-19-7-10)6-9-5-12(16)2-3-13(9)17/h2-5,7-8,14,18H,6H2,1H3. The Balaban J connectivity index is 2.26. The quantitative estimate of drug-likeness (QED) is 0.928. The van der Waals surface area contributed by atoms with Crippen molar-refractivity contribution >= 4 is 15.9 Å². The molecule has 0 saturated heterocycles. The lowest BCUT2D eigenvalue weighted by Gasteiger charge is -2.17. The molecule has 1 aromatic carbocycles. The van der Waals surface area contributed by atoms with Crippen LogP contribution in [0.4, 0.5) is 8.78 Å². The van der Waals surface area contributed by atoms with Gasteiger partial charge in [0.15, 0.2) is 0 Å². The van der Waals surface area contributed by atoms with Gasteiger partial charge in [0.2, 0.25) is 0 Å². The Labute approximate surface area is 119 Å². The fourth-order valence-corrected chi connectivity index (χ4v) is 2.31. The third-order valence-corrected chi connectivity index (χ3v) is 3.34. The van der Waals surface area contributed by atoms with Gasteiger partial charge in [0, 0.05) is 22.9 Å². The third-order valence-electron chi connectivity index (χ3n) is 2.91. The maximum absolute atomic E-state index is 13.6. The lowest BCUT2D eigenvalue weighted by atomic mass is 10.00. The molecule has 2 nitrogen and oxygen atoms in total. The number of pyridine rings is 1. The highest BCUT2D eigenvalue weighted by atomic mass is 79.9. The van der Waals surface area contributed by atoms with Crippen molar-refractivity contribution in [1.82, 2.24) is 10.3 Å². The van der Waals surface area contributed by atoms with Crippen molar-refractivity contribution in [3.8, 4) is 0 Å². The number of likely N-dealkylation sites (N-methyl/N-ethyl adjacent to an activating group) is 1. The normalized spacial score (nSPS) is 12.4. The summed E-state index contributed by atoms with van der Waals surface area (Å²) < 4.78 is 27.7. The molecule has 0 aliphatic carbocycles. The van der Waals surface area contributed by atoms with Crippen LogP contribution in [0.5, 0.6) is 0 Å². The van der Waals surface area contributed by atoms with Crippen LogP contribution < -0.4 is 5.32 Å². The zero-order valence-electron chi connectivity index (χ0n) is 10.3. The number of rotatable bonds is 4. The number of aromatic nitrogens is 1. The molecule has 1 aromatic heterocycles. The fourth-order valence-electron chi connectivity index (χ4n) is 1.93. The predicted octanol–water partition coefficient (Wildman–Crippen LogP) is 3.63. The van der Waals surface area contributed by atoms with Crippen LogP contribution in [-0.4, -0.2) is 12.0 Å². The van der Waals surface area contributed by atoms with Gasteiger partial charge in [-0.2, -0.15) is 0 Å². The highest BCUT2D eigenvalue weighted by molar-refractivity contribution is 9.10. The molecule has 5 heteroatoms. The molecule has 1 atom stereocenters. The molecule has 0 amide bonds. The molecule has 2 rings (SSSR count). The first kappa shape index (κ1) is 14.1. The minimum atomic E-state index is -0.432. The summed E-state index contributed by atoms with van der Waals surface area (Å²) >= 11 is 3.35. The molecule has 1 heterocycles. The van der Waals surface area contributed by atoms with Crippen molar-refractivity contribution in [2.45, 2.75) is 12.5 Å². The van der Waals surface area contributed by atoms with E-state index in [0.717, 1.165) is 22.2 Å². The molecular weight excluding hydrogens is 314 g/mol. The average Bonchev–Trinajstić information content (AvgIpc) is 2.39. The molecule has 0 aliphatic rings. The van der Waals surface area contributed by atoms with Crippen molar-refractivity contribution in [2.24, 2.45) is 0 Å². The van der Waals surface area contributed by atoms with E-state index in [4.69, 9.17) is 0 Å². The number of hydrogen-bond donors (Lipinski definition) is 1. The number of benzene rings is 1. The van der Waals surface area contributed by atoms with E-state index in [-0.39, 0.29) is 6.04 Å². The maximum atomic E-state index is 13.6. The monoisotopic (exact) mass is 326 g/mol. The SMILES string of the molecule is CNC(Cc1cc(F)ccc1F)c1cncc(Br)c1. The smallest absolute Gasteiger partial charge is 0.126 e. The summed E-state index contributed by atoms with van der Waals surface area (Å²) in [6, 6.07) is 5.28. The van der Waals surface area contributed by atoms with Gasteiger partial charge < -0.3 is 5.32 Å². The summed E-state index contributed by atoms with van der Waals surface area (Å²) in [4.78, 5) is 4.08. The van der Waals surface area contributed by atoms with Crippen molar-refractivity contribution in [3.05, 3.63) is 63.9 Å². The Morgan fingerprint density at radius 3 is 2.74 bits per heavy atom. The van der Waals surface area contributed by atoms with E-state index in [2.05, 4.69) is 26.2 Å².